The fraction of sp³-hybridized carbons (Fsp3) is 0.500. The van der Waals surface area contributed by atoms with E-state index in [9.17, 15) is 4.79 Å². The lowest BCUT2D eigenvalue weighted by Gasteiger charge is -2.25. The maximum Gasteiger partial charge on any atom is 0.335 e. The Morgan fingerprint density at radius 1 is 1.40 bits per heavy atom. The van der Waals surface area contributed by atoms with Crippen molar-refractivity contribution in [1.29, 1.82) is 0 Å². The van der Waals surface area contributed by atoms with Crippen LogP contribution in [-0.4, -0.2) is 51.6 Å². The van der Waals surface area contributed by atoms with Gasteiger partial charge in [-0.15, -0.1) is 5.10 Å². The summed E-state index contributed by atoms with van der Waals surface area (Å²) >= 11 is 0. The molecular formula is C14H20N4O2. The van der Waals surface area contributed by atoms with Gasteiger partial charge in [0.05, 0.1) is 17.1 Å². The van der Waals surface area contributed by atoms with E-state index in [1.165, 1.54) is 0 Å². The number of hydrogen-bond acceptors (Lipinski definition) is 4. The first-order valence-electron chi connectivity index (χ1n) is 6.63. The zero-order valence-corrected chi connectivity index (χ0v) is 12.2. The summed E-state index contributed by atoms with van der Waals surface area (Å²) in [6.45, 7) is 5.08. The number of aromatic nitrogens is 3. The van der Waals surface area contributed by atoms with Crippen LogP contribution in [0.15, 0.2) is 18.2 Å². The summed E-state index contributed by atoms with van der Waals surface area (Å²) in [6, 6.07) is 5.05. The highest BCUT2D eigenvalue weighted by atomic mass is 16.4. The fourth-order valence-electron chi connectivity index (χ4n) is 2.26. The minimum absolute atomic E-state index is 0.152. The molecule has 0 amide bonds. The van der Waals surface area contributed by atoms with Crippen molar-refractivity contribution in [2.45, 2.75) is 19.9 Å². The van der Waals surface area contributed by atoms with Crippen LogP contribution in [0.3, 0.4) is 0 Å². The van der Waals surface area contributed by atoms with Crippen molar-refractivity contribution < 1.29 is 9.90 Å². The van der Waals surface area contributed by atoms with Gasteiger partial charge in [0.2, 0.25) is 0 Å². The van der Waals surface area contributed by atoms with Gasteiger partial charge in [0.15, 0.2) is 0 Å². The predicted octanol–water partition coefficient (Wildman–Crippen LogP) is 1.89. The van der Waals surface area contributed by atoms with Gasteiger partial charge in [0.25, 0.3) is 0 Å². The van der Waals surface area contributed by atoms with Crippen LogP contribution in [-0.2, 0) is 0 Å². The fourth-order valence-corrected chi connectivity index (χ4v) is 2.26. The largest absolute Gasteiger partial charge is 0.478 e. The van der Waals surface area contributed by atoms with Gasteiger partial charge in [0, 0.05) is 6.54 Å². The minimum atomic E-state index is -0.937. The van der Waals surface area contributed by atoms with Gasteiger partial charge < -0.3 is 10.0 Å². The Morgan fingerprint density at radius 2 is 2.10 bits per heavy atom. The average Bonchev–Trinajstić information content (AvgIpc) is 2.77. The van der Waals surface area contributed by atoms with Gasteiger partial charge in [-0.25, -0.2) is 9.48 Å². The highest BCUT2D eigenvalue weighted by molar-refractivity contribution is 5.92. The van der Waals surface area contributed by atoms with Crippen molar-refractivity contribution in [3.63, 3.8) is 0 Å². The van der Waals surface area contributed by atoms with E-state index in [0.29, 0.717) is 5.92 Å². The number of carboxylic acid groups (broad SMARTS) is 1. The molecule has 1 heterocycles. The Bertz CT molecular complexity index is 619. The monoisotopic (exact) mass is 276 g/mol. The standard InChI is InChI=1S/C14H20N4O2/c1-9(2)13(8-17(3)4)18-12-7-10(14(19)20)5-6-11(12)15-16-18/h5-7,9,13H,8H2,1-4H3,(H,19,20). The van der Waals surface area contributed by atoms with Crippen LogP contribution in [0.25, 0.3) is 11.0 Å². The number of benzene rings is 1. The number of hydrogen-bond donors (Lipinski definition) is 1. The Labute approximate surface area is 118 Å². The van der Waals surface area contributed by atoms with E-state index in [-0.39, 0.29) is 11.6 Å². The molecule has 1 aromatic heterocycles. The number of aromatic carboxylic acids is 1. The molecule has 2 rings (SSSR count). The second-order valence-electron chi connectivity index (χ2n) is 5.62. The second-order valence-corrected chi connectivity index (χ2v) is 5.62. The molecule has 6 nitrogen and oxygen atoms in total. The lowest BCUT2D eigenvalue weighted by atomic mass is 10.0. The maximum atomic E-state index is 11.1. The molecule has 0 aliphatic carbocycles. The molecule has 0 fully saturated rings. The topological polar surface area (TPSA) is 71.2 Å². The van der Waals surface area contributed by atoms with Crippen LogP contribution in [0.4, 0.5) is 0 Å². The first-order chi connectivity index (χ1) is 9.40. The van der Waals surface area contributed by atoms with Crippen molar-refractivity contribution >= 4 is 17.0 Å². The van der Waals surface area contributed by atoms with Gasteiger partial charge in [-0.3, -0.25) is 0 Å². The number of carbonyl (C=O) groups is 1. The Balaban J connectivity index is 2.51. The maximum absolute atomic E-state index is 11.1. The molecular weight excluding hydrogens is 256 g/mol. The molecule has 0 aliphatic heterocycles. The van der Waals surface area contributed by atoms with Crippen molar-refractivity contribution in [3.8, 4) is 0 Å². The lowest BCUT2D eigenvalue weighted by molar-refractivity contribution is 0.0697. The molecule has 0 saturated heterocycles. The van der Waals surface area contributed by atoms with E-state index in [1.807, 2.05) is 18.8 Å². The normalized spacial score (nSPS) is 13.3. The van der Waals surface area contributed by atoms with E-state index in [0.717, 1.165) is 17.6 Å². The zero-order valence-electron chi connectivity index (χ0n) is 12.2. The van der Waals surface area contributed by atoms with Gasteiger partial charge in [-0.1, -0.05) is 19.1 Å². The molecule has 108 valence electrons. The van der Waals surface area contributed by atoms with Crippen molar-refractivity contribution in [1.82, 2.24) is 19.9 Å². The quantitative estimate of drug-likeness (QED) is 0.903. The molecule has 20 heavy (non-hydrogen) atoms. The first kappa shape index (κ1) is 14.5. The number of fused-ring (bicyclic) bond motifs is 1. The molecule has 1 unspecified atom stereocenters. The molecule has 2 aromatic rings. The number of likely N-dealkylation sites (N-methyl/N-ethyl adjacent to an activating group) is 1. The van der Waals surface area contributed by atoms with Crippen LogP contribution < -0.4 is 0 Å². The van der Waals surface area contributed by atoms with E-state index < -0.39 is 5.97 Å². The van der Waals surface area contributed by atoms with Crippen molar-refractivity contribution in [3.05, 3.63) is 23.8 Å². The molecule has 6 heteroatoms. The van der Waals surface area contributed by atoms with Crippen molar-refractivity contribution in [2.24, 2.45) is 5.92 Å². The van der Waals surface area contributed by atoms with Gasteiger partial charge in [-0.05, 0) is 38.2 Å². The summed E-state index contributed by atoms with van der Waals surface area (Å²) in [6.07, 6.45) is 0. The minimum Gasteiger partial charge on any atom is -0.478 e. The highest BCUT2D eigenvalue weighted by Crippen LogP contribution is 2.23. The Kier molecular flexibility index (Phi) is 4.04. The third-order valence-corrected chi connectivity index (χ3v) is 3.35. The summed E-state index contributed by atoms with van der Waals surface area (Å²) in [7, 11) is 4.02. The Morgan fingerprint density at radius 3 is 2.65 bits per heavy atom. The Hall–Kier alpha value is -1.95. The molecule has 1 atom stereocenters. The van der Waals surface area contributed by atoms with E-state index >= 15 is 0 Å². The zero-order chi connectivity index (χ0) is 14.9. The summed E-state index contributed by atoms with van der Waals surface area (Å²) in [4.78, 5) is 13.2. The van der Waals surface area contributed by atoms with Crippen LogP contribution >= 0.6 is 0 Å². The van der Waals surface area contributed by atoms with Crippen LogP contribution in [0, 0.1) is 5.92 Å². The van der Waals surface area contributed by atoms with Crippen molar-refractivity contribution in [2.75, 3.05) is 20.6 Å². The van der Waals surface area contributed by atoms with Gasteiger partial charge in [-0.2, -0.15) is 0 Å². The molecule has 0 bridgehead atoms. The first-order valence-corrected chi connectivity index (χ1v) is 6.63. The van der Waals surface area contributed by atoms with Gasteiger partial charge in [0.1, 0.15) is 5.52 Å². The third-order valence-electron chi connectivity index (χ3n) is 3.35. The van der Waals surface area contributed by atoms with Gasteiger partial charge >= 0.3 is 5.97 Å². The summed E-state index contributed by atoms with van der Waals surface area (Å²) in [5.41, 5.74) is 1.75. The van der Waals surface area contributed by atoms with E-state index in [1.54, 1.807) is 18.2 Å². The number of carboxylic acids is 1. The summed E-state index contributed by atoms with van der Waals surface area (Å²) in [5.74, 6) is -0.566. The molecule has 0 saturated carbocycles. The van der Waals surface area contributed by atoms with E-state index in [2.05, 4.69) is 29.1 Å². The summed E-state index contributed by atoms with van der Waals surface area (Å²) < 4.78 is 1.84. The third kappa shape index (κ3) is 2.80. The lowest BCUT2D eigenvalue weighted by Crippen LogP contribution is -2.29. The smallest absolute Gasteiger partial charge is 0.335 e. The number of nitrogens with zero attached hydrogens (tertiary/aromatic N) is 4. The van der Waals surface area contributed by atoms with E-state index in [4.69, 9.17) is 5.11 Å². The SMILES string of the molecule is CC(C)C(CN(C)C)n1nnc2ccc(C(=O)O)cc21. The second kappa shape index (κ2) is 5.58. The number of rotatable bonds is 5. The summed E-state index contributed by atoms with van der Waals surface area (Å²) in [5, 5.41) is 17.5. The molecule has 1 N–H and O–H groups in total. The van der Waals surface area contributed by atoms with Crippen LogP contribution in [0.5, 0.6) is 0 Å². The molecule has 0 aliphatic rings. The predicted molar refractivity (Wildman–Crippen MR) is 76.9 cm³/mol. The molecule has 1 aromatic carbocycles. The highest BCUT2D eigenvalue weighted by Gasteiger charge is 2.20. The average molecular weight is 276 g/mol. The molecule has 0 spiro atoms. The van der Waals surface area contributed by atoms with Crippen LogP contribution in [0.1, 0.15) is 30.2 Å². The van der Waals surface area contributed by atoms with Crippen LogP contribution in [0.2, 0.25) is 0 Å². The molecule has 0 radical (unpaired) electrons.